The molecule has 42 heavy (non-hydrogen) atoms. The van der Waals surface area contributed by atoms with Crippen LogP contribution in [0.3, 0.4) is 0 Å². The van der Waals surface area contributed by atoms with E-state index in [-0.39, 0.29) is 23.4 Å². The summed E-state index contributed by atoms with van der Waals surface area (Å²) >= 11 is 9.68. The van der Waals surface area contributed by atoms with Crippen molar-refractivity contribution < 1.29 is 18.0 Å². The van der Waals surface area contributed by atoms with Gasteiger partial charge < -0.3 is 10.2 Å². The van der Waals surface area contributed by atoms with Gasteiger partial charge in [-0.2, -0.15) is 0 Å². The molecule has 2 amide bonds. The van der Waals surface area contributed by atoms with Gasteiger partial charge in [-0.1, -0.05) is 76.6 Å². The highest BCUT2D eigenvalue weighted by Crippen LogP contribution is 2.30. The molecule has 224 valence electrons. The van der Waals surface area contributed by atoms with Gasteiger partial charge in [0.2, 0.25) is 11.8 Å². The number of sulfonamides is 1. The van der Waals surface area contributed by atoms with Gasteiger partial charge in [-0.15, -0.1) is 0 Å². The second-order valence-corrected chi connectivity index (χ2v) is 14.1. The highest BCUT2D eigenvalue weighted by atomic mass is 79.9. The van der Waals surface area contributed by atoms with E-state index in [0.29, 0.717) is 16.3 Å². The largest absolute Gasteiger partial charge is 0.352 e. The Labute approximate surface area is 262 Å². The Bertz CT molecular complexity index is 1520. The number of halogens is 2. The van der Waals surface area contributed by atoms with Gasteiger partial charge in [0, 0.05) is 22.1 Å². The smallest absolute Gasteiger partial charge is 0.264 e. The molecule has 0 bridgehead atoms. The summed E-state index contributed by atoms with van der Waals surface area (Å²) in [6.07, 6.45) is 5.11. The lowest BCUT2D eigenvalue weighted by Gasteiger charge is -2.33. The Balaban J connectivity index is 1.70. The zero-order chi connectivity index (χ0) is 30.4. The van der Waals surface area contributed by atoms with Gasteiger partial charge in [-0.05, 0) is 87.2 Å². The lowest BCUT2D eigenvalue weighted by Crippen LogP contribution is -2.53. The molecule has 1 atom stereocenters. The molecule has 0 heterocycles. The van der Waals surface area contributed by atoms with E-state index in [1.54, 1.807) is 44.2 Å². The lowest BCUT2D eigenvalue weighted by atomic mass is 9.95. The van der Waals surface area contributed by atoms with E-state index in [4.69, 9.17) is 11.6 Å². The van der Waals surface area contributed by atoms with Crippen LogP contribution in [0.25, 0.3) is 0 Å². The van der Waals surface area contributed by atoms with Gasteiger partial charge in [0.25, 0.3) is 10.0 Å². The SMILES string of the molecule is Cc1ccc(S(=O)(=O)N(CC(=O)N(Cc2cccc(Br)c2)C(C)C(=O)NC2CCCCC2)c2ccc(Cl)cc2C)cc1. The number of hydrogen-bond acceptors (Lipinski definition) is 4. The molecule has 0 aromatic heterocycles. The molecule has 1 saturated carbocycles. The van der Waals surface area contributed by atoms with Gasteiger partial charge in [-0.3, -0.25) is 13.9 Å². The van der Waals surface area contributed by atoms with Gasteiger partial charge in [0.1, 0.15) is 12.6 Å². The third-order valence-electron chi connectivity index (χ3n) is 7.68. The Morgan fingerprint density at radius 1 is 1.00 bits per heavy atom. The molecule has 3 aromatic carbocycles. The molecule has 0 aliphatic heterocycles. The van der Waals surface area contributed by atoms with Crippen molar-refractivity contribution in [1.29, 1.82) is 0 Å². The Hall–Kier alpha value is -2.88. The van der Waals surface area contributed by atoms with Crippen molar-refractivity contribution in [2.45, 2.75) is 76.4 Å². The Morgan fingerprint density at radius 3 is 2.33 bits per heavy atom. The highest BCUT2D eigenvalue weighted by Gasteiger charge is 2.33. The van der Waals surface area contributed by atoms with Crippen molar-refractivity contribution in [3.63, 3.8) is 0 Å². The third-order valence-corrected chi connectivity index (χ3v) is 10.2. The maximum absolute atomic E-state index is 14.2. The van der Waals surface area contributed by atoms with Crippen LogP contribution >= 0.6 is 27.5 Å². The minimum atomic E-state index is -4.15. The number of aryl methyl sites for hydroxylation is 2. The van der Waals surface area contributed by atoms with Crippen molar-refractivity contribution >= 4 is 55.1 Å². The minimum Gasteiger partial charge on any atom is -0.352 e. The number of nitrogens with one attached hydrogen (secondary N) is 1. The van der Waals surface area contributed by atoms with Crippen LogP contribution in [-0.4, -0.2) is 43.8 Å². The summed E-state index contributed by atoms with van der Waals surface area (Å²) in [6.45, 7) is 4.97. The van der Waals surface area contributed by atoms with E-state index >= 15 is 0 Å². The molecular formula is C32H37BrClN3O4S. The summed E-state index contributed by atoms with van der Waals surface area (Å²) in [5.74, 6) is -0.743. The number of carbonyl (C=O) groups excluding carboxylic acids is 2. The van der Waals surface area contributed by atoms with Crippen LogP contribution in [0.2, 0.25) is 5.02 Å². The third kappa shape index (κ3) is 7.94. The molecule has 10 heteroatoms. The monoisotopic (exact) mass is 673 g/mol. The number of carbonyl (C=O) groups is 2. The van der Waals surface area contributed by atoms with Crippen LogP contribution in [0, 0.1) is 13.8 Å². The predicted octanol–water partition coefficient (Wildman–Crippen LogP) is 6.78. The normalized spacial score (nSPS) is 14.7. The van der Waals surface area contributed by atoms with E-state index in [1.165, 1.54) is 17.0 Å². The van der Waals surface area contributed by atoms with Crippen LogP contribution in [0.1, 0.15) is 55.7 Å². The summed E-state index contributed by atoms with van der Waals surface area (Å²) < 4.78 is 30.0. The minimum absolute atomic E-state index is 0.0666. The summed E-state index contributed by atoms with van der Waals surface area (Å²) in [5.41, 5.74) is 2.67. The van der Waals surface area contributed by atoms with Crippen molar-refractivity contribution in [3.05, 3.63) is 92.9 Å². The molecule has 1 unspecified atom stereocenters. The predicted molar refractivity (Wildman–Crippen MR) is 171 cm³/mol. The molecule has 1 N–H and O–H groups in total. The average molecular weight is 675 g/mol. The zero-order valence-electron chi connectivity index (χ0n) is 24.1. The fraction of sp³-hybridized carbons (Fsp3) is 0.375. The first kappa shape index (κ1) is 32.0. The zero-order valence-corrected chi connectivity index (χ0v) is 27.3. The van der Waals surface area contributed by atoms with E-state index in [1.807, 2.05) is 31.2 Å². The van der Waals surface area contributed by atoms with Gasteiger partial charge >= 0.3 is 0 Å². The average Bonchev–Trinajstić information content (AvgIpc) is 2.95. The Kier molecular flexibility index (Phi) is 10.7. The molecule has 1 aliphatic carbocycles. The van der Waals surface area contributed by atoms with Crippen LogP contribution in [-0.2, 0) is 26.2 Å². The first-order valence-corrected chi connectivity index (χ1v) is 16.8. The summed E-state index contributed by atoms with van der Waals surface area (Å²) in [5, 5.41) is 3.58. The lowest BCUT2D eigenvalue weighted by molar-refractivity contribution is -0.139. The highest BCUT2D eigenvalue weighted by molar-refractivity contribution is 9.10. The van der Waals surface area contributed by atoms with Gasteiger partial charge in [0.15, 0.2) is 0 Å². The van der Waals surface area contributed by atoms with Gasteiger partial charge in [-0.25, -0.2) is 8.42 Å². The van der Waals surface area contributed by atoms with Crippen molar-refractivity contribution in [2.75, 3.05) is 10.8 Å². The second-order valence-electron chi connectivity index (χ2n) is 10.9. The summed E-state index contributed by atoms with van der Waals surface area (Å²) in [7, 11) is -4.15. The Morgan fingerprint density at radius 2 is 1.69 bits per heavy atom. The number of nitrogens with zero attached hydrogens (tertiary/aromatic N) is 2. The van der Waals surface area contributed by atoms with Crippen LogP contribution in [0.4, 0.5) is 5.69 Å². The van der Waals surface area contributed by atoms with Crippen molar-refractivity contribution in [1.82, 2.24) is 10.2 Å². The molecule has 1 fully saturated rings. The summed E-state index contributed by atoms with van der Waals surface area (Å²) in [6, 6.07) is 18.1. The first-order chi connectivity index (χ1) is 20.0. The molecule has 0 radical (unpaired) electrons. The molecule has 3 aromatic rings. The fourth-order valence-electron chi connectivity index (χ4n) is 5.23. The quantitative estimate of drug-likeness (QED) is 0.257. The topological polar surface area (TPSA) is 86.8 Å². The second kappa shape index (κ2) is 14.1. The molecule has 0 saturated heterocycles. The van der Waals surface area contributed by atoms with Crippen molar-refractivity contribution in [2.24, 2.45) is 0 Å². The van der Waals surface area contributed by atoms with E-state index in [2.05, 4.69) is 21.2 Å². The summed E-state index contributed by atoms with van der Waals surface area (Å²) in [4.78, 5) is 29.1. The van der Waals surface area contributed by atoms with Crippen LogP contribution in [0.15, 0.2) is 76.1 Å². The number of rotatable bonds is 10. The molecule has 1 aliphatic rings. The standard InChI is InChI=1S/C32H37BrClN3O4S/c1-22-12-15-29(16-13-22)42(40,41)37(30-17-14-27(34)18-23(30)2)21-31(38)36(20-25-8-7-9-26(33)19-25)24(3)32(39)35-28-10-5-4-6-11-28/h7-9,12-19,24,28H,4-6,10-11,20-21H2,1-3H3,(H,35,39). The van der Waals surface area contributed by atoms with E-state index in [0.717, 1.165) is 52.0 Å². The number of anilines is 1. The molecular weight excluding hydrogens is 638 g/mol. The maximum atomic E-state index is 14.2. The van der Waals surface area contributed by atoms with Crippen molar-refractivity contribution in [3.8, 4) is 0 Å². The van der Waals surface area contributed by atoms with Crippen LogP contribution in [0.5, 0.6) is 0 Å². The molecule has 0 spiro atoms. The number of hydrogen-bond donors (Lipinski definition) is 1. The first-order valence-electron chi connectivity index (χ1n) is 14.2. The van der Waals surface area contributed by atoms with E-state index < -0.39 is 28.5 Å². The van der Waals surface area contributed by atoms with Gasteiger partial charge in [0.05, 0.1) is 10.6 Å². The molecule has 4 rings (SSSR count). The number of amides is 2. The molecule has 7 nitrogen and oxygen atoms in total. The maximum Gasteiger partial charge on any atom is 0.264 e. The number of benzene rings is 3. The van der Waals surface area contributed by atoms with Crippen LogP contribution < -0.4 is 9.62 Å². The fourth-order valence-corrected chi connectivity index (χ4v) is 7.38. The van der Waals surface area contributed by atoms with E-state index in [9.17, 15) is 18.0 Å².